The fourth-order valence-electron chi connectivity index (χ4n) is 3.66. The van der Waals surface area contributed by atoms with E-state index in [2.05, 4.69) is 0 Å². The van der Waals surface area contributed by atoms with Crippen LogP contribution in [0.1, 0.15) is 0 Å². The molecule has 0 saturated carbocycles. The normalized spacial score (nSPS) is 22.5. The summed E-state index contributed by atoms with van der Waals surface area (Å²) in [6.45, 7) is -0.322. The Hall–Kier alpha value is -3.71. The number of fused-ring (bicyclic) bond motifs is 1. The predicted molar refractivity (Wildman–Crippen MR) is 114 cm³/mol. The van der Waals surface area contributed by atoms with Crippen LogP contribution in [0.5, 0.6) is 34.5 Å². The third-order valence-electron chi connectivity index (χ3n) is 5.32. The SMILES string of the molecule is COc1c(O)cc(-c2oc3cc(O)cc(O)c3c(=O)c2OC)cc1O[C@@H]1OC[C@@H](O)[C@H](O)[C@H]1O. The Bertz CT molecular complexity index is 1280. The number of benzene rings is 2. The minimum Gasteiger partial charge on any atom is -0.508 e. The first-order valence-electron chi connectivity index (χ1n) is 9.96. The lowest BCUT2D eigenvalue weighted by Gasteiger charge is -2.35. The minimum atomic E-state index is -1.63. The van der Waals surface area contributed by atoms with Gasteiger partial charge in [0.25, 0.3) is 0 Å². The van der Waals surface area contributed by atoms with Crippen LogP contribution in [0, 0.1) is 0 Å². The van der Waals surface area contributed by atoms with Crippen LogP contribution in [-0.4, -0.2) is 76.1 Å². The highest BCUT2D eigenvalue weighted by molar-refractivity contribution is 5.88. The molecule has 34 heavy (non-hydrogen) atoms. The van der Waals surface area contributed by atoms with Gasteiger partial charge in [0.05, 0.1) is 20.8 Å². The zero-order valence-electron chi connectivity index (χ0n) is 18.0. The van der Waals surface area contributed by atoms with E-state index >= 15 is 0 Å². The number of hydrogen-bond donors (Lipinski definition) is 6. The van der Waals surface area contributed by atoms with Gasteiger partial charge in [-0.15, -0.1) is 0 Å². The molecule has 1 aromatic heterocycles. The van der Waals surface area contributed by atoms with Gasteiger partial charge in [0.15, 0.2) is 17.3 Å². The van der Waals surface area contributed by atoms with Crippen molar-refractivity contribution in [2.45, 2.75) is 24.6 Å². The van der Waals surface area contributed by atoms with Crippen LogP contribution in [0.4, 0.5) is 0 Å². The standard InChI is InChI=1S/C22H22O12/c1-30-20-11(25)3-8(4-14(20)34-22-18(29)16(27)12(26)7-32-22)19-21(31-2)17(28)15-10(24)5-9(23)6-13(15)33-19/h3-6,12,16,18,22-27,29H,7H2,1-2H3/t12-,16+,18-,22+/m1/s1. The number of hydrogen-bond acceptors (Lipinski definition) is 12. The minimum absolute atomic E-state index is 0.0675. The molecule has 1 saturated heterocycles. The summed E-state index contributed by atoms with van der Waals surface area (Å²) in [6.07, 6.45) is -5.92. The lowest BCUT2D eigenvalue weighted by molar-refractivity contribution is -0.242. The van der Waals surface area contributed by atoms with E-state index in [1.807, 2.05) is 0 Å². The summed E-state index contributed by atoms with van der Waals surface area (Å²) in [7, 11) is 2.46. The highest BCUT2D eigenvalue weighted by Crippen LogP contribution is 2.44. The molecule has 1 fully saturated rings. The summed E-state index contributed by atoms with van der Waals surface area (Å²) in [5.74, 6) is -2.10. The average molecular weight is 478 g/mol. The van der Waals surface area contributed by atoms with Gasteiger partial charge in [0.1, 0.15) is 40.8 Å². The average Bonchev–Trinajstić information content (AvgIpc) is 2.78. The van der Waals surface area contributed by atoms with Crippen molar-refractivity contribution in [1.29, 1.82) is 0 Å². The lowest BCUT2D eigenvalue weighted by atomic mass is 10.1. The molecule has 12 nitrogen and oxygen atoms in total. The second kappa shape index (κ2) is 8.91. The zero-order valence-corrected chi connectivity index (χ0v) is 18.0. The number of aromatic hydroxyl groups is 3. The Morgan fingerprint density at radius 2 is 1.62 bits per heavy atom. The van der Waals surface area contributed by atoms with Crippen LogP contribution >= 0.6 is 0 Å². The van der Waals surface area contributed by atoms with E-state index in [0.717, 1.165) is 12.1 Å². The van der Waals surface area contributed by atoms with Crippen molar-refractivity contribution in [3.05, 3.63) is 34.5 Å². The monoisotopic (exact) mass is 478 g/mol. The van der Waals surface area contributed by atoms with Crippen molar-refractivity contribution >= 4 is 11.0 Å². The van der Waals surface area contributed by atoms with Gasteiger partial charge in [0.2, 0.25) is 23.2 Å². The first-order chi connectivity index (χ1) is 16.2. The molecule has 4 rings (SSSR count). The smallest absolute Gasteiger partial charge is 0.239 e. The molecule has 2 heterocycles. The maximum atomic E-state index is 13.0. The van der Waals surface area contributed by atoms with E-state index < -0.39 is 41.5 Å². The summed E-state index contributed by atoms with van der Waals surface area (Å²) in [5.41, 5.74) is -0.825. The van der Waals surface area contributed by atoms with E-state index in [0.29, 0.717) is 0 Å². The Labute approximate surface area is 191 Å². The Kier molecular flexibility index (Phi) is 6.15. The van der Waals surface area contributed by atoms with E-state index in [-0.39, 0.29) is 51.9 Å². The summed E-state index contributed by atoms with van der Waals surface area (Å²) >= 11 is 0. The Morgan fingerprint density at radius 3 is 2.29 bits per heavy atom. The summed E-state index contributed by atoms with van der Waals surface area (Å²) in [5, 5.41) is 59.9. The topological polar surface area (TPSA) is 189 Å². The molecule has 1 aliphatic heterocycles. The number of phenolic OH excluding ortho intramolecular Hbond substituents is 3. The fourth-order valence-corrected chi connectivity index (χ4v) is 3.66. The fraction of sp³-hybridized carbons (Fsp3) is 0.318. The van der Waals surface area contributed by atoms with Crippen LogP contribution in [0.25, 0.3) is 22.3 Å². The third-order valence-corrected chi connectivity index (χ3v) is 5.32. The van der Waals surface area contributed by atoms with Crippen molar-refractivity contribution in [1.82, 2.24) is 0 Å². The molecule has 0 spiro atoms. The first-order valence-corrected chi connectivity index (χ1v) is 9.96. The number of ether oxygens (including phenoxy) is 4. The molecule has 0 aliphatic carbocycles. The molecule has 2 aromatic carbocycles. The van der Waals surface area contributed by atoms with Crippen LogP contribution in [0.2, 0.25) is 0 Å². The van der Waals surface area contributed by atoms with Gasteiger partial charge in [-0.05, 0) is 12.1 Å². The molecule has 4 atom stereocenters. The van der Waals surface area contributed by atoms with E-state index in [1.165, 1.54) is 26.4 Å². The highest BCUT2D eigenvalue weighted by atomic mass is 16.7. The molecular formula is C22H22O12. The second-order valence-electron chi connectivity index (χ2n) is 7.53. The maximum Gasteiger partial charge on any atom is 0.239 e. The van der Waals surface area contributed by atoms with Gasteiger partial charge in [0, 0.05) is 17.7 Å². The van der Waals surface area contributed by atoms with Crippen molar-refractivity contribution in [3.8, 4) is 45.8 Å². The Morgan fingerprint density at radius 1 is 0.912 bits per heavy atom. The van der Waals surface area contributed by atoms with E-state index in [1.54, 1.807) is 0 Å². The van der Waals surface area contributed by atoms with E-state index in [9.17, 15) is 35.4 Å². The molecule has 0 radical (unpaired) electrons. The molecule has 0 amide bonds. The number of rotatable bonds is 5. The molecule has 3 aromatic rings. The molecule has 0 unspecified atom stereocenters. The molecule has 0 bridgehead atoms. The van der Waals surface area contributed by atoms with Crippen molar-refractivity contribution in [3.63, 3.8) is 0 Å². The Balaban J connectivity index is 1.86. The van der Waals surface area contributed by atoms with Crippen LogP contribution in [0.15, 0.2) is 33.5 Å². The van der Waals surface area contributed by atoms with Crippen molar-refractivity contribution < 1.29 is 54.0 Å². The van der Waals surface area contributed by atoms with Gasteiger partial charge in [-0.3, -0.25) is 4.79 Å². The van der Waals surface area contributed by atoms with Gasteiger partial charge in [-0.25, -0.2) is 0 Å². The second-order valence-corrected chi connectivity index (χ2v) is 7.53. The number of methoxy groups -OCH3 is 2. The van der Waals surface area contributed by atoms with Gasteiger partial charge in [-0.2, -0.15) is 0 Å². The van der Waals surface area contributed by atoms with E-state index in [4.69, 9.17) is 23.4 Å². The largest absolute Gasteiger partial charge is 0.508 e. The number of aliphatic hydroxyl groups excluding tert-OH is 3. The predicted octanol–water partition coefficient (Wildman–Crippen LogP) is 0.412. The zero-order chi connectivity index (χ0) is 24.7. The maximum absolute atomic E-state index is 13.0. The first kappa shape index (κ1) is 23.4. The van der Waals surface area contributed by atoms with Gasteiger partial charge >= 0.3 is 0 Å². The molecule has 6 N–H and O–H groups in total. The summed E-state index contributed by atoms with van der Waals surface area (Å²) < 4.78 is 26.9. The molecule has 1 aliphatic rings. The summed E-state index contributed by atoms with van der Waals surface area (Å²) in [6, 6.07) is 4.59. The van der Waals surface area contributed by atoms with Crippen molar-refractivity contribution in [2.24, 2.45) is 0 Å². The number of aliphatic hydroxyl groups is 3. The van der Waals surface area contributed by atoms with Gasteiger partial charge < -0.3 is 54.0 Å². The quantitative estimate of drug-likeness (QED) is 0.297. The summed E-state index contributed by atoms with van der Waals surface area (Å²) in [4.78, 5) is 13.0. The van der Waals surface area contributed by atoms with Crippen LogP contribution < -0.4 is 19.6 Å². The van der Waals surface area contributed by atoms with Crippen LogP contribution in [0.3, 0.4) is 0 Å². The number of phenols is 3. The van der Waals surface area contributed by atoms with Crippen molar-refractivity contribution in [2.75, 3.05) is 20.8 Å². The molecular weight excluding hydrogens is 456 g/mol. The third kappa shape index (κ3) is 3.92. The molecule has 12 heteroatoms. The molecule has 182 valence electrons. The van der Waals surface area contributed by atoms with Gasteiger partial charge in [-0.1, -0.05) is 0 Å². The van der Waals surface area contributed by atoms with Crippen LogP contribution in [-0.2, 0) is 4.74 Å². The lowest BCUT2D eigenvalue weighted by Crippen LogP contribution is -2.54. The highest BCUT2D eigenvalue weighted by Gasteiger charge is 2.39.